The van der Waals surface area contributed by atoms with Crippen LogP contribution in [0.4, 0.5) is 5.82 Å². The maximum absolute atomic E-state index is 13.2. The summed E-state index contributed by atoms with van der Waals surface area (Å²) in [6.45, 7) is -0.883. The number of aliphatic hydroxyl groups excluding tert-OH is 1. The van der Waals surface area contributed by atoms with Gasteiger partial charge in [-0.15, -0.1) is 0 Å². The van der Waals surface area contributed by atoms with Crippen molar-refractivity contribution < 1.29 is 24.3 Å². The van der Waals surface area contributed by atoms with Gasteiger partial charge in [0, 0.05) is 17.8 Å². The lowest BCUT2D eigenvalue weighted by Gasteiger charge is -2.22. The predicted octanol–water partition coefficient (Wildman–Crippen LogP) is 0.245. The Morgan fingerprint density at radius 3 is 2.62 bits per heavy atom. The fourth-order valence-electron chi connectivity index (χ4n) is 3.91. The lowest BCUT2D eigenvalue weighted by atomic mass is 10.0. The Bertz CT molecular complexity index is 1370. The number of nitrogens with two attached hydrogens (primary N) is 2. The van der Waals surface area contributed by atoms with E-state index in [1.165, 1.54) is 9.58 Å². The molecule has 6 N–H and O–H groups in total. The van der Waals surface area contributed by atoms with Gasteiger partial charge in [-0.2, -0.15) is 5.10 Å². The molecule has 2 heterocycles. The number of Topliss-reactive ketones (excluding diaryl/α,β-unsaturated/α-hetero) is 1. The normalized spacial score (nSPS) is 13.8. The molecular weight excluding hydrogens is 502 g/mol. The molecule has 2 aromatic heterocycles. The highest BCUT2D eigenvalue weighted by molar-refractivity contribution is 6.29. The number of aromatic nitrogens is 3. The highest BCUT2D eigenvalue weighted by Gasteiger charge is 2.34. The highest BCUT2D eigenvalue weighted by atomic mass is 35.5. The van der Waals surface area contributed by atoms with Crippen LogP contribution in [-0.2, 0) is 27.3 Å². The van der Waals surface area contributed by atoms with Crippen LogP contribution in [0.2, 0.25) is 5.15 Å². The Hall–Kier alpha value is -3.87. The molecule has 4 rings (SSSR count). The number of halogens is 1. The van der Waals surface area contributed by atoms with Gasteiger partial charge in [-0.1, -0.05) is 23.7 Å². The average Bonchev–Trinajstić information content (AvgIpc) is 3.63. The third kappa shape index (κ3) is 6.28. The zero-order valence-electron chi connectivity index (χ0n) is 19.8. The molecule has 13 heteroatoms. The number of nitrogens with one attached hydrogen (secondary N) is 1. The quantitative estimate of drug-likeness (QED) is 0.255. The molecule has 12 nitrogen and oxygen atoms in total. The number of aliphatic hydroxyl groups is 1. The second-order valence-electron chi connectivity index (χ2n) is 8.80. The number of fused-ring (bicyclic) bond motifs is 1. The molecule has 0 bridgehead atoms. The van der Waals surface area contributed by atoms with E-state index in [0.717, 1.165) is 12.8 Å². The fraction of sp³-hybridized carbons (Fsp3) is 0.333. The number of hydrogen-bond acceptors (Lipinski definition) is 8. The number of carbonyl (C=O) groups is 4. The van der Waals surface area contributed by atoms with Gasteiger partial charge in [-0.25, -0.2) is 4.98 Å². The first-order chi connectivity index (χ1) is 17.7. The van der Waals surface area contributed by atoms with E-state index in [4.69, 9.17) is 28.2 Å². The van der Waals surface area contributed by atoms with E-state index in [1.807, 2.05) is 0 Å². The van der Waals surface area contributed by atoms with Crippen LogP contribution >= 0.6 is 11.6 Å². The summed E-state index contributed by atoms with van der Waals surface area (Å²) in [6.07, 6.45) is 1.49. The van der Waals surface area contributed by atoms with E-state index in [2.05, 4.69) is 15.4 Å². The highest BCUT2D eigenvalue weighted by Crippen LogP contribution is 2.28. The summed E-state index contributed by atoms with van der Waals surface area (Å²) in [4.78, 5) is 55.5. The van der Waals surface area contributed by atoms with Gasteiger partial charge in [0.25, 0.3) is 5.91 Å². The summed E-state index contributed by atoms with van der Waals surface area (Å²) in [5.74, 6) is -1.66. The van der Waals surface area contributed by atoms with Crippen molar-refractivity contribution in [2.24, 2.45) is 11.5 Å². The van der Waals surface area contributed by atoms with Gasteiger partial charge in [-0.3, -0.25) is 23.9 Å². The van der Waals surface area contributed by atoms with Crippen molar-refractivity contribution in [3.8, 4) is 0 Å². The first kappa shape index (κ1) is 26.2. The molecule has 3 aromatic rings. The first-order valence-corrected chi connectivity index (χ1v) is 11.9. The Morgan fingerprint density at radius 2 is 1.97 bits per heavy atom. The molecule has 1 aliphatic rings. The molecular formula is C24H26ClN7O5. The molecule has 37 heavy (non-hydrogen) atoms. The van der Waals surface area contributed by atoms with Gasteiger partial charge >= 0.3 is 0 Å². The number of rotatable bonds is 11. The van der Waals surface area contributed by atoms with Crippen molar-refractivity contribution in [3.63, 3.8) is 0 Å². The zero-order valence-corrected chi connectivity index (χ0v) is 20.5. The number of pyridine rings is 1. The largest absolute Gasteiger partial charge is 0.394 e. The van der Waals surface area contributed by atoms with E-state index < -0.39 is 24.5 Å². The van der Waals surface area contributed by atoms with E-state index in [-0.39, 0.29) is 53.9 Å². The molecule has 194 valence electrons. The molecule has 1 saturated carbocycles. The molecule has 1 fully saturated rings. The summed E-state index contributed by atoms with van der Waals surface area (Å²) in [6, 6.07) is 8.62. The number of nitrogens with zero attached hydrogens (tertiary/aromatic N) is 4. The molecule has 0 radical (unpaired) electrons. The van der Waals surface area contributed by atoms with E-state index in [9.17, 15) is 19.2 Å². The van der Waals surface area contributed by atoms with Gasteiger partial charge in [0.15, 0.2) is 11.5 Å². The number of carbonyl (C=O) groups excluding carboxylic acids is 4. The van der Waals surface area contributed by atoms with Gasteiger partial charge in [0.2, 0.25) is 11.8 Å². The number of ketones is 1. The zero-order chi connectivity index (χ0) is 26.7. The third-order valence-corrected chi connectivity index (χ3v) is 6.14. The van der Waals surface area contributed by atoms with Gasteiger partial charge in [0.1, 0.15) is 24.1 Å². The van der Waals surface area contributed by atoms with Crippen LogP contribution in [0.25, 0.3) is 10.9 Å². The second kappa shape index (κ2) is 11.0. The SMILES string of the molecule is NC(=O)c1nn(CC(=O)N(CC(=O)Nc2cccc(Cl)n2)C2CC2)c2ccc(CC(=O)C(N)CO)cc12. The minimum atomic E-state index is -1.01. The van der Waals surface area contributed by atoms with Crippen LogP contribution in [0, 0.1) is 0 Å². The first-order valence-electron chi connectivity index (χ1n) is 11.6. The van der Waals surface area contributed by atoms with E-state index >= 15 is 0 Å². The lowest BCUT2D eigenvalue weighted by Crippen LogP contribution is -2.41. The topological polar surface area (TPSA) is 187 Å². The van der Waals surface area contributed by atoms with Crippen molar-refractivity contribution >= 4 is 51.8 Å². The van der Waals surface area contributed by atoms with Crippen LogP contribution in [0.5, 0.6) is 0 Å². The predicted molar refractivity (Wildman–Crippen MR) is 135 cm³/mol. The standard InChI is InChI=1S/C24H26ClN7O5/c25-19-2-1-3-20(28-19)29-21(35)10-31(14-5-6-14)22(36)11-32-17-7-4-13(9-18(34)16(26)12-33)8-15(17)23(30-32)24(27)37/h1-4,7-8,14,16,33H,5-6,9-12,26H2,(H2,27,37)(H,28,29,35). The van der Waals surface area contributed by atoms with E-state index in [0.29, 0.717) is 16.5 Å². The summed E-state index contributed by atoms with van der Waals surface area (Å²) < 4.78 is 1.36. The number of anilines is 1. The van der Waals surface area contributed by atoms with E-state index in [1.54, 1.807) is 36.4 Å². The number of amides is 3. The van der Waals surface area contributed by atoms with Crippen molar-refractivity contribution in [1.82, 2.24) is 19.7 Å². The maximum Gasteiger partial charge on any atom is 0.269 e. The van der Waals surface area contributed by atoms with Crippen molar-refractivity contribution in [2.45, 2.75) is 37.9 Å². The summed E-state index contributed by atoms with van der Waals surface area (Å²) in [5.41, 5.74) is 12.1. The van der Waals surface area contributed by atoms with Gasteiger partial charge < -0.3 is 26.8 Å². The maximum atomic E-state index is 13.2. The Morgan fingerprint density at radius 1 is 1.22 bits per heavy atom. The molecule has 1 aromatic carbocycles. The number of hydrogen-bond donors (Lipinski definition) is 4. The molecule has 0 aliphatic heterocycles. The average molecular weight is 528 g/mol. The summed E-state index contributed by atoms with van der Waals surface area (Å²) >= 11 is 5.86. The smallest absolute Gasteiger partial charge is 0.269 e. The Kier molecular flexibility index (Phi) is 7.81. The fourth-order valence-corrected chi connectivity index (χ4v) is 4.08. The Balaban J connectivity index is 1.53. The van der Waals surface area contributed by atoms with Crippen LogP contribution < -0.4 is 16.8 Å². The summed E-state index contributed by atoms with van der Waals surface area (Å²) in [5, 5.41) is 16.6. The molecule has 1 aliphatic carbocycles. The van der Waals surface area contributed by atoms with Crippen LogP contribution in [0.15, 0.2) is 36.4 Å². The molecule has 0 spiro atoms. The lowest BCUT2D eigenvalue weighted by molar-refractivity contribution is -0.135. The van der Waals surface area contributed by atoms with Crippen LogP contribution in [0.1, 0.15) is 28.9 Å². The molecule has 3 amide bonds. The third-order valence-electron chi connectivity index (χ3n) is 5.93. The molecule has 0 saturated heterocycles. The van der Waals surface area contributed by atoms with Crippen LogP contribution in [-0.4, -0.2) is 73.5 Å². The number of benzene rings is 1. The monoisotopic (exact) mass is 527 g/mol. The second-order valence-corrected chi connectivity index (χ2v) is 9.19. The minimum absolute atomic E-state index is 0.0496. The van der Waals surface area contributed by atoms with Crippen molar-refractivity contribution in [3.05, 3.63) is 52.8 Å². The number of primary amides is 1. The van der Waals surface area contributed by atoms with Crippen molar-refractivity contribution in [2.75, 3.05) is 18.5 Å². The van der Waals surface area contributed by atoms with Gasteiger partial charge in [0.05, 0.1) is 18.2 Å². The van der Waals surface area contributed by atoms with Crippen molar-refractivity contribution in [1.29, 1.82) is 0 Å². The Labute approximate surface area is 216 Å². The molecule has 1 unspecified atom stereocenters. The minimum Gasteiger partial charge on any atom is -0.394 e. The van der Waals surface area contributed by atoms with Crippen LogP contribution in [0.3, 0.4) is 0 Å². The molecule has 1 atom stereocenters. The van der Waals surface area contributed by atoms with Gasteiger partial charge in [-0.05, 0) is 42.7 Å². The summed E-state index contributed by atoms with van der Waals surface area (Å²) in [7, 11) is 0.